The number of carbonyl (C=O) groups excluding carboxylic acids is 2. The summed E-state index contributed by atoms with van der Waals surface area (Å²) in [6.45, 7) is 0.516. The Labute approximate surface area is 170 Å². The van der Waals surface area contributed by atoms with Gasteiger partial charge >= 0.3 is 5.97 Å². The molecule has 7 nitrogen and oxygen atoms in total. The topological polar surface area (TPSA) is 92.8 Å². The molecule has 1 aromatic rings. The minimum atomic E-state index is -3.61. The van der Waals surface area contributed by atoms with Crippen LogP contribution in [0.3, 0.4) is 0 Å². The van der Waals surface area contributed by atoms with E-state index in [1.54, 1.807) is 12.1 Å². The Morgan fingerprint density at radius 3 is 2.25 bits per heavy atom. The van der Waals surface area contributed by atoms with Crippen LogP contribution < -0.4 is 5.32 Å². The third kappa shape index (κ3) is 4.18. The monoisotopic (exact) mass is 428 g/mol. The molecule has 1 aliphatic heterocycles. The van der Waals surface area contributed by atoms with Crippen LogP contribution in [0.25, 0.3) is 0 Å². The lowest BCUT2D eigenvalue weighted by molar-refractivity contribution is -0.151. The van der Waals surface area contributed by atoms with Crippen molar-refractivity contribution in [1.29, 1.82) is 0 Å². The van der Waals surface area contributed by atoms with Crippen LogP contribution in [-0.2, 0) is 24.3 Å². The first kappa shape index (κ1) is 21.1. The molecule has 1 heterocycles. The van der Waals surface area contributed by atoms with E-state index in [0.29, 0.717) is 30.7 Å². The molecule has 9 heteroatoms. The quantitative estimate of drug-likeness (QED) is 0.726. The van der Waals surface area contributed by atoms with E-state index < -0.39 is 21.5 Å². The molecule has 1 amide bonds. The molecule has 1 saturated carbocycles. The molecule has 0 aromatic heterocycles. The minimum Gasteiger partial charge on any atom is -0.467 e. The number of carbonyl (C=O) groups is 2. The van der Waals surface area contributed by atoms with Gasteiger partial charge in [0.25, 0.3) is 0 Å². The van der Waals surface area contributed by atoms with Crippen molar-refractivity contribution in [1.82, 2.24) is 9.62 Å². The van der Waals surface area contributed by atoms with Crippen LogP contribution in [0.2, 0.25) is 5.02 Å². The molecule has 1 aromatic carbocycles. The van der Waals surface area contributed by atoms with Crippen molar-refractivity contribution in [3.63, 3.8) is 0 Å². The van der Waals surface area contributed by atoms with Crippen LogP contribution in [-0.4, -0.2) is 50.3 Å². The van der Waals surface area contributed by atoms with Crippen LogP contribution in [0.4, 0.5) is 0 Å². The second kappa shape index (κ2) is 8.39. The maximum atomic E-state index is 12.8. The molecule has 1 N–H and O–H groups in total. The molecular weight excluding hydrogens is 404 g/mol. The molecule has 0 spiro atoms. The number of sulfonamides is 1. The number of piperidine rings is 1. The fourth-order valence-corrected chi connectivity index (χ4v) is 5.60. The van der Waals surface area contributed by atoms with Crippen molar-refractivity contribution < 1.29 is 22.7 Å². The molecule has 1 aliphatic carbocycles. The zero-order valence-electron chi connectivity index (χ0n) is 15.8. The van der Waals surface area contributed by atoms with E-state index in [2.05, 4.69) is 5.32 Å². The van der Waals surface area contributed by atoms with Crippen LogP contribution >= 0.6 is 11.6 Å². The van der Waals surface area contributed by atoms with Gasteiger partial charge in [-0.3, -0.25) is 4.79 Å². The summed E-state index contributed by atoms with van der Waals surface area (Å²) in [7, 11) is -2.28. The maximum absolute atomic E-state index is 12.8. The van der Waals surface area contributed by atoms with E-state index in [1.807, 2.05) is 0 Å². The fraction of sp³-hybridized carbons (Fsp3) is 0.579. The summed E-state index contributed by atoms with van der Waals surface area (Å²) >= 11 is 5.83. The summed E-state index contributed by atoms with van der Waals surface area (Å²) in [4.78, 5) is 25.1. The van der Waals surface area contributed by atoms with Gasteiger partial charge in [0, 0.05) is 24.0 Å². The average Bonchev–Trinajstić information content (AvgIpc) is 3.17. The molecule has 154 valence electrons. The maximum Gasteiger partial charge on any atom is 0.331 e. The third-order valence-corrected chi connectivity index (χ3v) is 7.84. The van der Waals surface area contributed by atoms with E-state index in [9.17, 15) is 18.0 Å². The first-order valence-electron chi connectivity index (χ1n) is 9.45. The van der Waals surface area contributed by atoms with E-state index in [0.717, 1.165) is 12.8 Å². The van der Waals surface area contributed by atoms with Gasteiger partial charge in [0.05, 0.1) is 12.0 Å². The molecule has 0 atom stereocenters. The van der Waals surface area contributed by atoms with E-state index >= 15 is 0 Å². The number of esters is 1. The highest BCUT2D eigenvalue weighted by molar-refractivity contribution is 7.89. The zero-order chi connectivity index (χ0) is 20.4. The van der Waals surface area contributed by atoms with Gasteiger partial charge in [-0.25, -0.2) is 13.2 Å². The van der Waals surface area contributed by atoms with E-state index in [1.165, 1.54) is 23.5 Å². The number of nitrogens with zero attached hydrogens (tertiary/aromatic N) is 1. The lowest BCUT2D eigenvalue weighted by atomic mass is 9.92. The number of halogens is 1. The van der Waals surface area contributed by atoms with Gasteiger partial charge in [-0.1, -0.05) is 24.4 Å². The van der Waals surface area contributed by atoms with Crippen molar-refractivity contribution in [3.05, 3.63) is 29.3 Å². The average molecular weight is 429 g/mol. The van der Waals surface area contributed by atoms with Crippen LogP contribution in [0.15, 0.2) is 29.2 Å². The summed E-state index contributed by atoms with van der Waals surface area (Å²) in [5.74, 6) is -0.921. The zero-order valence-corrected chi connectivity index (χ0v) is 17.4. The van der Waals surface area contributed by atoms with Gasteiger partial charge in [-0.05, 0) is 49.9 Å². The highest BCUT2D eigenvalue weighted by Gasteiger charge is 2.45. The van der Waals surface area contributed by atoms with Gasteiger partial charge in [-0.15, -0.1) is 0 Å². The highest BCUT2D eigenvalue weighted by atomic mass is 35.5. The van der Waals surface area contributed by atoms with Crippen LogP contribution in [0, 0.1) is 5.92 Å². The fourth-order valence-electron chi connectivity index (χ4n) is 4.01. The smallest absolute Gasteiger partial charge is 0.331 e. The first-order valence-corrected chi connectivity index (χ1v) is 11.3. The number of hydrogen-bond acceptors (Lipinski definition) is 5. The largest absolute Gasteiger partial charge is 0.467 e. The number of benzene rings is 1. The second-order valence-corrected chi connectivity index (χ2v) is 9.78. The Morgan fingerprint density at radius 1 is 1.14 bits per heavy atom. The summed E-state index contributed by atoms with van der Waals surface area (Å²) in [6.07, 6.45) is 3.72. The Bertz CT molecular complexity index is 826. The molecule has 28 heavy (non-hydrogen) atoms. The predicted molar refractivity (Wildman–Crippen MR) is 104 cm³/mol. The first-order chi connectivity index (χ1) is 13.3. The van der Waals surface area contributed by atoms with E-state index in [-0.39, 0.29) is 29.8 Å². The predicted octanol–water partition coefficient (Wildman–Crippen LogP) is 2.34. The molecule has 3 rings (SSSR count). The number of rotatable bonds is 5. The Kier molecular flexibility index (Phi) is 6.31. The lowest BCUT2D eigenvalue weighted by Crippen LogP contribution is -2.55. The summed E-state index contributed by atoms with van der Waals surface area (Å²) in [5, 5.41) is 3.38. The standard InChI is InChI=1S/C19H25ClN2O5S/c1-27-18(24)19(10-2-3-11-19)21-17(23)14-8-12-22(13-9-14)28(25,26)16-6-4-15(20)5-7-16/h4-7,14H,2-3,8-13H2,1H3,(H,21,23). The number of nitrogens with one attached hydrogen (secondary N) is 1. The SMILES string of the molecule is COC(=O)C1(NC(=O)C2CCN(S(=O)(=O)c3ccc(Cl)cc3)CC2)CCCC1. The normalized spacial score (nSPS) is 20.6. The molecule has 1 saturated heterocycles. The minimum absolute atomic E-state index is 0.190. The highest BCUT2D eigenvalue weighted by Crippen LogP contribution is 2.32. The molecular formula is C19H25ClN2O5S. The summed E-state index contributed by atoms with van der Waals surface area (Å²) in [6, 6.07) is 6.05. The van der Waals surface area contributed by atoms with Gasteiger partial charge in [-0.2, -0.15) is 4.31 Å². The van der Waals surface area contributed by atoms with E-state index in [4.69, 9.17) is 16.3 Å². The number of methoxy groups -OCH3 is 1. The molecule has 0 bridgehead atoms. The van der Waals surface area contributed by atoms with Crippen LogP contribution in [0.1, 0.15) is 38.5 Å². The summed E-state index contributed by atoms with van der Waals surface area (Å²) in [5.41, 5.74) is -0.932. The molecule has 2 aliphatic rings. The molecule has 2 fully saturated rings. The Morgan fingerprint density at radius 2 is 1.71 bits per heavy atom. The second-order valence-electron chi connectivity index (χ2n) is 7.40. The third-order valence-electron chi connectivity index (χ3n) is 5.67. The van der Waals surface area contributed by atoms with Gasteiger partial charge < -0.3 is 10.1 Å². The van der Waals surface area contributed by atoms with Crippen LogP contribution in [0.5, 0.6) is 0 Å². The molecule has 0 radical (unpaired) electrons. The Hall–Kier alpha value is -1.64. The van der Waals surface area contributed by atoms with Crippen molar-refractivity contribution in [2.45, 2.75) is 49.0 Å². The van der Waals surface area contributed by atoms with Gasteiger partial charge in [0.2, 0.25) is 15.9 Å². The van der Waals surface area contributed by atoms with Crippen molar-refractivity contribution in [3.8, 4) is 0 Å². The molecule has 0 unspecified atom stereocenters. The lowest BCUT2D eigenvalue weighted by Gasteiger charge is -2.33. The number of hydrogen-bond donors (Lipinski definition) is 1. The Balaban J connectivity index is 1.62. The van der Waals surface area contributed by atoms with Crippen molar-refractivity contribution in [2.24, 2.45) is 5.92 Å². The van der Waals surface area contributed by atoms with Crippen molar-refractivity contribution in [2.75, 3.05) is 20.2 Å². The van der Waals surface area contributed by atoms with Gasteiger partial charge in [0.1, 0.15) is 5.54 Å². The number of ether oxygens (including phenoxy) is 1. The van der Waals surface area contributed by atoms with Gasteiger partial charge in [0.15, 0.2) is 0 Å². The van der Waals surface area contributed by atoms with Crippen molar-refractivity contribution >= 4 is 33.5 Å². The summed E-state index contributed by atoms with van der Waals surface area (Å²) < 4.78 is 31.8. The number of amides is 1.